The summed E-state index contributed by atoms with van der Waals surface area (Å²) < 4.78 is 1.85. The van der Waals surface area contributed by atoms with Crippen LogP contribution in [-0.2, 0) is 0 Å². The fourth-order valence-corrected chi connectivity index (χ4v) is 5.30. The fraction of sp³-hybridized carbons (Fsp3) is 0.536. The van der Waals surface area contributed by atoms with E-state index in [1.54, 1.807) is 0 Å². The van der Waals surface area contributed by atoms with Crippen molar-refractivity contribution in [3.63, 3.8) is 0 Å². The smallest absolute Gasteiger partial charge is 0.241 e. The van der Waals surface area contributed by atoms with Crippen LogP contribution in [0.2, 0.25) is 0 Å². The van der Waals surface area contributed by atoms with Crippen molar-refractivity contribution in [1.29, 1.82) is 5.26 Å². The Kier molecular flexibility index (Phi) is 6.29. The summed E-state index contributed by atoms with van der Waals surface area (Å²) in [4.78, 5) is 14.4. The minimum atomic E-state index is -0.560. The number of nitrogens with one attached hydrogen (secondary N) is 1. The molecule has 1 aliphatic heterocycles. The number of nitriles is 1. The van der Waals surface area contributed by atoms with Crippen LogP contribution >= 0.6 is 0 Å². The first-order chi connectivity index (χ1) is 17.1. The summed E-state index contributed by atoms with van der Waals surface area (Å²) in [5, 5.41) is 27.8. The van der Waals surface area contributed by atoms with E-state index in [2.05, 4.69) is 34.5 Å². The molecule has 1 saturated carbocycles. The highest BCUT2D eigenvalue weighted by molar-refractivity contribution is 5.88. The summed E-state index contributed by atoms with van der Waals surface area (Å²) in [7, 11) is 0. The van der Waals surface area contributed by atoms with Crippen LogP contribution in [0.1, 0.15) is 84.3 Å². The summed E-state index contributed by atoms with van der Waals surface area (Å²) in [6.45, 7) is 7.97. The maximum Gasteiger partial charge on any atom is 0.241 e. The van der Waals surface area contributed by atoms with Crippen molar-refractivity contribution in [3.8, 4) is 17.3 Å². The van der Waals surface area contributed by atoms with Crippen molar-refractivity contribution < 1.29 is 5.11 Å². The van der Waals surface area contributed by atoms with Gasteiger partial charge in [0, 0.05) is 29.4 Å². The summed E-state index contributed by atoms with van der Waals surface area (Å²) in [6, 6.07) is 8.80. The van der Waals surface area contributed by atoms with E-state index in [1.807, 2.05) is 49.8 Å². The molecule has 2 aliphatic rings. The van der Waals surface area contributed by atoms with E-state index >= 15 is 0 Å². The zero-order chi connectivity index (χ0) is 25.5. The lowest BCUT2D eigenvalue weighted by Gasteiger charge is -2.33. The highest BCUT2D eigenvalue weighted by atomic mass is 16.3. The Labute approximate surface area is 212 Å². The Bertz CT molecular complexity index is 1340. The molecule has 188 valence electrons. The summed E-state index contributed by atoms with van der Waals surface area (Å²) in [6.07, 6.45) is 9.76. The molecular formula is C28H35N7O. The second-order valence-electron chi connectivity index (χ2n) is 11.4. The zero-order valence-electron chi connectivity index (χ0n) is 21.6. The number of aromatic nitrogens is 4. The average molecular weight is 486 g/mol. The van der Waals surface area contributed by atoms with Gasteiger partial charge in [-0.25, -0.2) is 9.50 Å². The molecule has 1 aliphatic carbocycles. The zero-order valence-corrected chi connectivity index (χ0v) is 21.6. The monoisotopic (exact) mass is 485 g/mol. The molecule has 3 aromatic heterocycles. The molecule has 5 rings (SSSR count). The molecule has 36 heavy (non-hydrogen) atoms. The largest absolute Gasteiger partial charge is 0.390 e. The van der Waals surface area contributed by atoms with Gasteiger partial charge in [-0.05, 0) is 90.8 Å². The maximum absolute atomic E-state index is 10.2. The number of aliphatic hydroxyl groups is 1. The second-order valence-corrected chi connectivity index (χ2v) is 11.4. The Morgan fingerprint density at radius 1 is 1.25 bits per heavy atom. The third-order valence-corrected chi connectivity index (χ3v) is 7.65. The number of pyridine rings is 1. The lowest BCUT2D eigenvalue weighted by molar-refractivity contribution is 0.0195. The number of aliphatic imine (C=N–C) groups is 1. The van der Waals surface area contributed by atoms with Gasteiger partial charge in [-0.3, -0.25) is 9.98 Å². The Morgan fingerprint density at radius 2 is 2.03 bits per heavy atom. The Hall–Kier alpha value is -3.31. The van der Waals surface area contributed by atoms with E-state index in [1.165, 1.54) is 0 Å². The summed E-state index contributed by atoms with van der Waals surface area (Å²) in [5.74, 6) is 0.849. The van der Waals surface area contributed by atoms with Crippen LogP contribution in [0.15, 0.2) is 35.6 Å². The molecule has 0 bridgehead atoms. The van der Waals surface area contributed by atoms with Gasteiger partial charge >= 0.3 is 0 Å². The Balaban J connectivity index is 1.38. The van der Waals surface area contributed by atoms with Gasteiger partial charge in [-0.15, -0.1) is 5.10 Å². The van der Waals surface area contributed by atoms with E-state index in [-0.39, 0.29) is 17.4 Å². The maximum atomic E-state index is 10.2. The molecular weight excluding hydrogens is 450 g/mol. The molecule has 0 saturated heterocycles. The molecule has 1 unspecified atom stereocenters. The van der Waals surface area contributed by atoms with E-state index < -0.39 is 5.60 Å². The van der Waals surface area contributed by atoms with E-state index in [0.29, 0.717) is 5.95 Å². The van der Waals surface area contributed by atoms with Gasteiger partial charge in [0.1, 0.15) is 0 Å². The number of fused-ring (bicyclic) bond motifs is 2. The molecule has 1 fully saturated rings. The van der Waals surface area contributed by atoms with Crippen molar-refractivity contribution in [3.05, 3.63) is 36.3 Å². The molecule has 3 aromatic rings. The number of anilines is 1. The highest BCUT2D eigenvalue weighted by Crippen LogP contribution is 2.40. The minimum absolute atomic E-state index is 0.252. The van der Waals surface area contributed by atoms with Crippen LogP contribution in [0.25, 0.3) is 16.8 Å². The standard InChI is InChI=1S/C28H35N7O/c1-18-15-19(7-11-27(2,3)17-29)25-23(31-18)6-5-22(33-25)21-10-14-35-24(21)16-30-26(34-35)32-20-8-12-28(4,36)13-9-20/h5-6,10,14,16,19-20,36H,7-9,11-13,15H2,1-4H3,(H,32,34). The Morgan fingerprint density at radius 3 is 2.78 bits per heavy atom. The van der Waals surface area contributed by atoms with Gasteiger partial charge in [-0.2, -0.15) is 5.26 Å². The van der Waals surface area contributed by atoms with Crippen molar-refractivity contribution in [2.24, 2.45) is 10.4 Å². The molecule has 0 spiro atoms. The molecule has 8 heteroatoms. The van der Waals surface area contributed by atoms with E-state index in [4.69, 9.17) is 9.98 Å². The van der Waals surface area contributed by atoms with Gasteiger partial charge in [0.25, 0.3) is 0 Å². The topological polar surface area (TPSA) is 111 Å². The summed E-state index contributed by atoms with van der Waals surface area (Å²) >= 11 is 0. The first-order valence-electron chi connectivity index (χ1n) is 12.9. The van der Waals surface area contributed by atoms with Crippen LogP contribution in [0.4, 0.5) is 11.6 Å². The van der Waals surface area contributed by atoms with E-state index in [9.17, 15) is 10.4 Å². The van der Waals surface area contributed by atoms with Gasteiger partial charge in [0.05, 0.1) is 45.9 Å². The number of rotatable bonds is 6. The average Bonchev–Trinajstić information content (AvgIpc) is 3.27. The fourth-order valence-electron chi connectivity index (χ4n) is 5.30. The van der Waals surface area contributed by atoms with Crippen LogP contribution in [0, 0.1) is 16.7 Å². The minimum Gasteiger partial charge on any atom is -0.390 e. The highest BCUT2D eigenvalue weighted by Gasteiger charge is 2.29. The van der Waals surface area contributed by atoms with Crippen molar-refractivity contribution >= 4 is 22.9 Å². The first-order valence-corrected chi connectivity index (χ1v) is 12.9. The summed E-state index contributed by atoms with van der Waals surface area (Å²) in [5.41, 5.74) is 4.92. The third kappa shape index (κ3) is 5.12. The molecule has 1 atom stereocenters. The molecule has 0 aromatic carbocycles. The molecule has 4 heterocycles. The number of hydrogen-bond donors (Lipinski definition) is 2. The van der Waals surface area contributed by atoms with Gasteiger partial charge < -0.3 is 10.4 Å². The molecule has 0 radical (unpaired) electrons. The van der Waals surface area contributed by atoms with Crippen LogP contribution in [0.5, 0.6) is 0 Å². The van der Waals surface area contributed by atoms with Gasteiger partial charge in [0.15, 0.2) is 0 Å². The van der Waals surface area contributed by atoms with Crippen LogP contribution in [0.3, 0.4) is 0 Å². The van der Waals surface area contributed by atoms with Crippen molar-refractivity contribution in [1.82, 2.24) is 19.6 Å². The van der Waals surface area contributed by atoms with Gasteiger partial charge in [-0.1, -0.05) is 0 Å². The molecule has 2 N–H and O–H groups in total. The second kappa shape index (κ2) is 9.29. The van der Waals surface area contributed by atoms with Crippen molar-refractivity contribution in [2.75, 3.05) is 5.32 Å². The van der Waals surface area contributed by atoms with Gasteiger partial charge in [0.2, 0.25) is 5.95 Å². The number of nitrogens with zero attached hydrogens (tertiary/aromatic N) is 6. The van der Waals surface area contributed by atoms with Crippen LogP contribution in [-0.4, -0.2) is 42.0 Å². The van der Waals surface area contributed by atoms with Crippen molar-refractivity contribution in [2.45, 2.75) is 90.2 Å². The van der Waals surface area contributed by atoms with E-state index in [0.717, 1.165) is 78.8 Å². The van der Waals surface area contributed by atoms with Crippen LogP contribution < -0.4 is 5.32 Å². The lowest BCUT2D eigenvalue weighted by Crippen LogP contribution is -2.36. The lowest BCUT2D eigenvalue weighted by atomic mass is 9.82. The quantitative estimate of drug-likeness (QED) is 0.456. The molecule has 8 nitrogen and oxygen atoms in total. The predicted octanol–water partition coefficient (Wildman–Crippen LogP) is 5.81. The SMILES string of the molecule is CC1=Nc2ccc(-c3ccn4nc(NC5CCC(C)(O)CC5)ncc34)nc2C(CCC(C)(C)C#N)C1. The molecule has 0 amide bonds. The first kappa shape index (κ1) is 24.4. The predicted molar refractivity (Wildman–Crippen MR) is 141 cm³/mol. The number of hydrogen-bond acceptors (Lipinski definition) is 7. The third-order valence-electron chi connectivity index (χ3n) is 7.65. The normalized spacial score (nSPS) is 24.2.